The van der Waals surface area contributed by atoms with Crippen LogP contribution in [0.4, 0.5) is 0 Å². The van der Waals surface area contributed by atoms with Gasteiger partial charge in [-0.3, -0.25) is 0 Å². The molecular weight excluding hydrogens is 142 g/mol. The Morgan fingerprint density at radius 1 is 0.750 bits per heavy atom. The summed E-state index contributed by atoms with van der Waals surface area (Å²) in [7, 11) is 0. The van der Waals surface area contributed by atoms with Gasteiger partial charge in [0.2, 0.25) is 0 Å². The second-order valence-corrected chi connectivity index (χ2v) is 0. The van der Waals surface area contributed by atoms with Crippen molar-refractivity contribution in [1.82, 2.24) is 0 Å². The monoisotopic (exact) mass is 145 g/mol. The first kappa shape index (κ1) is 53.2. The number of hydrogen-bond donors (Lipinski definition) is 0. The molecule has 0 bridgehead atoms. The van der Waals surface area contributed by atoms with Crippen molar-refractivity contribution in [2.24, 2.45) is 0 Å². The zero-order chi connectivity index (χ0) is 0. The summed E-state index contributed by atoms with van der Waals surface area (Å²) in [5, 5.41) is 0. The summed E-state index contributed by atoms with van der Waals surface area (Å²) in [4.78, 5) is 0. The van der Waals surface area contributed by atoms with Crippen molar-refractivity contribution in [2.45, 2.75) is 0 Å². The third-order valence-electron chi connectivity index (χ3n) is 0. The zero-order valence-corrected chi connectivity index (χ0v) is 3.80. The molecule has 0 nitrogen and oxygen atoms in total. The summed E-state index contributed by atoms with van der Waals surface area (Å²) in [5.41, 5.74) is 0. The van der Waals surface area contributed by atoms with E-state index in [1.165, 1.54) is 0 Å². The Morgan fingerprint density at radius 2 is 0.750 bits per heavy atom. The maximum Gasteiger partial charge on any atom is 0.187 e. The topological polar surface area (TPSA) is 0 Å². The normalized spacial score (nSPS) is 0. The average Bonchev–Trinajstić information content (AvgIpc) is 0. The Hall–Kier alpha value is 1.40. The van der Waals surface area contributed by atoms with Gasteiger partial charge in [0.1, 0.15) is 0 Å². The Morgan fingerprint density at radius 3 is 0.750 bits per heavy atom. The van der Waals surface area contributed by atoms with E-state index in [1.54, 1.807) is 0 Å². The van der Waals surface area contributed by atoms with Crippen molar-refractivity contribution in [2.75, 3.05) is 0 Å². The molecule has 7 radical (unpaired) electrons. The average molecular weight is 145 g/mol. The van der Waals surface area contributed by atoms with E-state index in [-0.39, 0.29) is 56.6 Å². The van der Waals surface area contributed by atoms with Gasteiger partial charge in [0, 0.05) is 39.2 Å². The summed E-state index contributed by atoms with van der Waals surface area (Å²) >= 11 is 0. The van der Waals surface area contributed by atoms with Crippen molar-refractivity contribution in [3.05, 3.63) is 0 Å². The summed E-state index contributed by atoms with van der Waals surface area (Å²) in [6.07, 6.45) is 0. The molecule has 4 heavy (non-hydrogen) atoms. The van der Waals surface area contributed by atoms with E-state index in [0.29, 0.717) is 0 Å². The van der Waals surface area contributed by atoms with Crippen LogP contribution in [0.25, 0.3) is 0 Å². The van der Waals surface area contributed by atoms with E-state index in [1.807, 2.05) is 0 Å². The smallest absolute Gasteiger partial charge is 0 e. The maximum atomic E-state index is 0. The fraction of sp³-hybridized carbons (Fsp3) is 0. The Bertz CT molecular complexity index is 6.00. The van der Waals surface area contributed by atoms with Crippen LogP contribution in [0.15, 0.2) is 0 Å². The molecule has 0 saturated heterocycles. The Kier molecular flexibility index (Phi) is 345. The van der Waals surface area contributed by atoms with Gasteiger partial charge in [-0.25, -0.2) is 0 Å². The van der Waals surface area contributed by atoms with E-state index in [0.717, 1.165) is 0 Å². The quantitative estimate of drug-likeness (QED) is 0.347. The van der Waals surface area contributed by atoms with Crippen LogP contribution in [0.2, 0.25) is 0 Å². The minimum atomic E-state index is 0. The van der Waals surface area contributed by atoms with E-state index in [2.05, 4.69) is 0 Å². The third kappa shape index (κ3) is 9.98. The molecule has 0 aromatic rings. The molecule has 0 aliphatic rings. The molecule has 0 rings (SSSR count). The van der Waals surface area contributed by atoms with Gasteiger partial charge in [0.15, 0.2) is 17.4 Å². The molecule has 0 unspecified atom stereocenters. The molecule has 0 heterocycles. The summed E-state index contributed by atoms with van der Waals surface area (Å²) in [5.74, 6) is 0. The molecule has 17 valence electrons. The second-order valence-electron chi connectivity index (χ2n) is 0. The van der Waals surface area contributed by atoms with E-state index in [4.69, 9.17) is 0 Å². The van der Waals surface area contributed by atoms with Crippen molar-refractivity contribution >= 4 is 34.2 Å². The van der Waals surface area contributed by atoms with E-state index < -0.39 is 0 Å². The van der Waals surface area contributed by atoms with Gasteiger partial charge >= 0.3 is 0 Å². The minimum Gasteiger partial charge on any atom is 0 e. The molecule has 0 aromatic carbocycles. The van der Waals surface area contributed by atoms with E-state index >= 15 is 0 Å². The predicted molar refractivity (Wildman–Crippen MR) is 21.4 cm³/mol. The van der Waals surface area contributed by atoms with Crippen LogP contribution < -0.4 is 0 Å². The Labute approximate surface area is 56.5 Å². The minimum absolute atomic E-state index is 0. The van der Waals surface area contributed by atoms with Crippen molar-refractivity contribution < 1.29 is 22.4 Å². The van der Waals surface area contributed by atoms with Crippen LogP contribution in [0.1, 0.15) is 0 Å². The molecule has 0 aromatic heterocycles. The predicted octanol–water partition coefficient (Wildman–Crippen LogP) is -1.95. The number of hydrogen-bond acceptors (Lipinski definition) is 0. The van der Waals surface area contributed by atoms with Crippen LogP contribution in [0.5, 0.6) is 0 Å². The summed E-state index contributed by atoms with van der Waals surface area (Å²) < 4.78 is 0. The fourth-order valence-electron chi connectivity index (χ4n) is 0. The van der Waals surface area contributed by atoms with Crippen LogP contribution >= 0.6 is 0 Å². The second kappa shape index (κ2) is 25.9. The first-order valence-electron chi connectivity index (χ1n) is 0. The Balaban J connectivity index is 0. The van der Waals surface area contributed by atoms with Crippen LogP contribution in [-0.2, 0) is 22.4 Å². The largest absolute Gasteiger partial charge is 0.187 e. The van der Waals surface area contributed by atoms with Crippen molar-refractivity contribution in [1.29, 1.82) is 0 Å². The first-order valence-corrected chi connectivity index (χ1v) is 0. The SMILES string of the molecule is [AlH3].[B].[B].[Nb]. The molecule has 0 N–H and O–H groups in total. The van der Waals surface area contributed by atoms with Gasteiger partial charge < -0.3 is 0 Å². The molecule has 0 aliphatic heterocycles. The molecule has 0 saturated carbocycles. The fourth-order valence-corrected chi connectivity index (χ4v) is 0. The van der Waals surface area contributed by atoms with E-state index in [9.17, 15) is 0 Å². The van der Waals surface area contributed by atoms with Crippen LogP contribution in [-0.4, -0.2) is 34.2 Å². The van der Waals surface area contributed by atoms with Gasteiger partial charge in [-0.2, -0.15) is 0 Å². The molecule has 4 heteroatoms. The number of rotatable bonds is 0. The first-order chi connectivity index (χ1) is 0. The summed E-state index contributed by atoms with van der Waals surface area (Å²) in [6, 6.07) is 0. The van der Waals surface area contributed by atoms with Gasteiger partial charge in [-0.15, -0.1) is 0 Å². The van der Waals surface area contributed by atoms with Crippen LogP contribution in [0, 0.1) is 0 Å². The summed E-state index contributed by atoms with van der Waals surface area (Å²) in [6.45, 7) is 0. The van der Waals surface area contributed by atoms with Gasteiger partial charge in [-0.05, 0) is 0 Å². The molecular formula is H3AlB2Nb. The van der Waals surface area contributed by atoms with Gasteiger partial charge in [0.05, 0.1) is 0 Å². The molecule has 0 spiro atoms. The molecule has 0 atom stereocenters. The van der Waals surface area contributed by atoms with Gasteiger partial charge in [-0.1, -0.05) is 0 Å². The molecule has 0 amide bonds. The van der Waals surface area contributed by atoms with Gasteiger partial charge in [0.25, 0.3) is 0 Å². The standard InChI is InChI=1S/Al.2B.Nb.3H. The van der Waals surface area contributed by atoms with Crippen molar-refractivity contribution in [3.63, 3.8) is 0 Å². The maximum absolute atomic E-state index is 0. The third-order valence-corrected chi connectivity index (χ3v) is 0. The molecule has 0 aliphatic carbocycles. The van der Waals surface area contributed by atoms with Crippen molar-refractivity contribution in [3.8, 4) is 0 Å². The van der Waals surface area contributed by atoms with Crippen LogP contribution in [0.3, 0.4) is 0 Å². The zero-order valence-electron chi connectivity index (χ0n) is 1.60. The molecule has 0 fully saturated rings.